The van der Waals surface area contributed by atoms with Gasteiger partial charge in [-0.3, -0.25) is 4.79 Å². The summed E-state index contributed by atoms with van der Waals surface area (Å²) in [6, 6.07) is -0.547. The Labute approximate surface area is 114 Å². The van der Waals surface area contributed by atoms with Crippen LogP contribution in [-0.2, 0) is 33.8 Å². The van der Waals surface area contributed by atoms with E-state index in [1.165, 1.54) is 7.11 Å². The van der Waals surface area contributed by atoms with Crippen molar-refractivity contribution < 1.29 is 39.0 Å². The molecule has 0 spiro atoms. The zero-order valence-corrected chi connectivity index (χ0v) is 12.4. The summed E-state index contributed by atoms with van der Waals surface area (Å²) in [6.07, 6.45) is 1.84. The summed E-state index contributed by atoms with van der Waals surface area (Å²) in [5.74, 6) is -0.378. The van der Waals surface area contributed by atoms with Gasteiger partial charge in [0, 0.05) is 23.7 Å². The van der Waals surface area contributed by atoms with Gasteiger partial charge in [0.15, 0.2) is 6.29 Å². The van der Waals surface area contributed by atoms with Crippen LogP contribution in [-0.4, -0.2) is 44.9 Å². The van der Waals surface area contributed by atoms with Crippen molar-refractivity contribution in [3.63, 3.8) is 0 Å². The lowest BCUT2D eigenvalue weighted by molar-refractivity contribution is -0.592. The van der Waals surface area contributed by atoms with Crippen molar-refractivity contribution in [1.29, 1.82) is 0 Å². The Morgan fingerprint density at radius 1 is 1.26 bits per heavy atom. The van der Waals surface area contributed by atoms with E-state index in [0.717, 1.165) is 12.8 Å². The number of methoxy groups -OCH3 is 3. The Bertz CT molecular complexity index is 203. The molecule has 0 radical (unpaired) electrons. The van der Waals surface area contributed by atoms with Crippen LogP contribution >= 0.6 is 9.47 Å². The Morgan fingerprint density at radius 3 is 2.16 bits per heavy atom. The van der Waals surface area contributed by atoms with Gasteiger partial charge in [-0.15, -0.1) is 0 Å². The Hall–Kier alpha value is -0.380. The second kappa shape index (κ2) is 15.7. The molecule has 0 amide bonds. The predicted molar refractivity (Wildman–Crippen MR) is 67.2 cm³/mol. The molecule has 0 aliphatic carbocycles. The largest absolute Gasteiger partial charge is 0.468 e. The first-order valence-electron chi connectivity index (χ1n) is 5.29. The number of hydrogen-bond acceptors (Lipinski definition) is 9. The number of carbonyl (C=O) groups is 1. The zero-order chi connectivity index (χ0) is 15.1. The molecule has 0 saturated heterocycles. The molecule has 0 aliphatic heterocycles. The van der Waals surface area contributed by atoms with E-state index < -0.39 is 6.04 Å². The molecule has 10 heteroatoms. The van der Waals surface area contributed by atoms with Crippen LogP contribution in [0.25, 0.3) is 0 Å². The number of esters is 1. The van der Waals surface area contributed by atoms with Gasteiger partial charge in [0.1, 0.15) is 6.04 Å². The molecule has 0 aromatic carbocycles. The predicted octanol–water partition coefficient (Wildman–Crippen LogP) is 0.405. The quantitative estimate of drug-likeness (QED) is 0.205. The Balaban J connectivity index is 0. The van der Waals surface area contributed by atoms with Crippen LogP contribution in [0, 0.1) is 0 Å². The maximum atomic E-state index is 10.9. The summed E-state index contributed by atoms with van der Waals surface area (Å²) in [5.41, 5.74) is 5.54. The van der Waals surface area contributed by atoms with Gasteiger partial charge in [-0.2, -0.15) is 4.67 Å². The zero-order valence-electron chi connectivity index (χ0n) is 11.2. The van der Waals surface area contributed by atoms with E-state index in [2.05, 4.69) is 19.5 Å². The highest BCUT2D eigenvalue weighted by Crippen LogP contribution is 2.06. The van der Waals surface area contributed by atoms with Gasteiger partial charge in [-0.1, -0.05) is 0 Å². The molecule has 2 unspecified atom stereocenters. The molecule has 0 fully saturated rings. The molecule has 0 heterocycles. The number of rotatable bonds is 9. The molecular formula is C9H22NO8P. The van der Waals surface area contributed by atoms with Gasteiger partial charge >= 0.3 is 5.97 Å². The van der Waals surface area contributed by atoms with Crippen molar-refractivity contribution >= 4 is 15.4 Å². The van der Waals surface area contributed by atoms with Crippen molar-refractivity contribution in [2.24, 2.45) is 5.73 Å². The molecule has 0 rings (SSSR count). The maximum absolute atomic E-state index is 10.9. The van der Waals surface area contributed by atoms with E-state index in [9.17, 15) is 4.79 Å². The van der Waals surface area contributed by atoms with E-state index in [1.807, 2.05) is 0 Å². The average molecular weight is 303 g/mol. The minimum absolute atomic E-state index is 0.222. The first-order valence-corrected chi connectivity index (χ1v) is 5.77. The van der Waals surface area contributed by atoms with Crippen molar-refractivity contribution in [1.82, 2.24) is 0 Å². The number of nitrogens with two attached hydrogens (primary N) is 1. The topological polar surface area (TPSA) is 119 Å². The molecule has 0 bridgehead atoms. The van der Waals surface area contributed by atoms with Crippen molar-refractivity contribution in [3.05, 3.63) is 0 Å². The number of hydrogen-bond donors (Lipinski definition) is 2. The lowest BCUT2D eigenvalue weighted by atomic mass is 10.1. The molecule has 19 heavy (non-hydrogen) atoms. The molecule has 2 atom stereocenters. The minimum atomic E-state index is -0.547. The van der Waals surface area contributed by atoms with Gasteiger partial charge in [0.25, 0.3) is 0 Å². The van der Waals surface area contributed by atoms with Crippen LogP contribution < -0.4 is 5.73 Å². The van der Waals surface area contributed by atoms with Crippen LogP contribution in [0.3, 0.4) is 0 Å². The van der Waals surface area contributed by atoms with Crippen LogP contribution in [0.4, 0.5) is 0 Å². The van der Waals surface area contributed by atoms with Gasteiger partial charge in [-0.25, -0.2) is 5.26 Å². The normalized spacial score (nSPS) is 11.7. The average Bonchev–Trinajstić information content (AvgIpc) is 2.44. The van der Waals surface area contributed by atoms with Gasteiger partial charge in [0.2, 0.25) is 0 Å². The fourth-order valence-corrected chi connectivity index (χ4v) is 1.16. The summed E-state index contributed by atoms with van der Waals surface area (Å²) in [5, 5.41) is 13.5. The molecule has 0 aromatic rings. The van der Waals surface area contributed by atoms with Crippen LogP contribution in [0.5, 0.6) is 0 Å². The summed E-state index contributed by atoms with van der Waals surface area (Å²) in [7, 11) is 6.18. The molecule has 116 valence electrons. The summed E-state index contributed by atoms with van der Waals surface area (Å²) in [6.45, 7) is 0. The van der Waals surface area contributed by atoms with E-state index >= 15 is 0 Å². The molecule has 0 aliphatic rings. The van der Waals surface area contributed by atoms with Crippen LogP contribution in [0.2, 0.25) is 0 Å². The first-order chi connectivity index (χ1) is 9.06. The fraction of sp³-hybridized carbons (Fsp3) is 0.889. The van der Waals surface area contributed by atoms with Crippen molar-refractivity contribution in [2.45, 2.75) is 31.6 Å². The Kier molecular flexibility index (Phi) is 17.3. The highest BCUT2D eigenvalue weighted by molar-refractivity contribution is 7.09. The lowest BCUT2D eigenvalue weighted by Gasteiger charge is -2.14. The smallest absolute Gasteiger partial charge is 0.322 e. The molecule has 3 N–H and O–H groups in total. The third-order valence-electron chi connectivity index (χ3n) is 2.05. The molecule has 9 nitrogen and oxygen atoms in total. The van der Waals surface area contributed by atoms with Gasteiger partial charge in [-0.05, 0) is 29.3 Å². The van der Waals surface area contributed by atoms with Crippen LogP contribution in [0.15, 0.2) is 0 Å². The third kappa shape index (κ3) is 13.8. The van der Waals surface area contributed by atoms with E-state index in [1.54, 1.807) is 23.7 Å². The van der Waals surface area contributed by atoms with Crippen molar-refractivity contribution in [3.8, 4) is 0 Å². The van der Waals surface area contributed by atoms with Gasteiger partial charge < -0.3 is 19.9 Å². The summed E-state index contributed by atoms with van der Waals surface area (Å²) >= 11 is 0. The number of carbonyl (C=O) groups excluding carboxylic acids is 1. The highest BCUT2D eigenvalue weighted by atomic mass is 31.0. The highest BCUT2D eigenvalue weighted by Gasteiger charge is 2.14. The SMILES string of the molecule is COC(=O)C(N)CCCC(OC)OC.OOOOP. The molecular weight excluding hydrogens is 281 g/mol. The molecule has 0 aromatic heterocycles. The second-order valence-electron chi connectivity index (χ2n) is 3.20. The summed E-state index contributed by atoms with van der Waals surface area (Å²) < 4.78 is 18.1. The third-order valence-corrected chi connectivity index (χ3v) is 2.13. The van der Waals surface area contributed by atoms with E-state index in [-0.39, 0.29) is 12.3 Å². The van der Waals surface area contributed by atoms with Crippen molar-refractivity contribution in [2.75, 3.05) is 21.3 Å². The van der Waals surface area contributed by atoms with E-state index in [0.29, 0.717) is 6.42 Å². The minimum Gasteiger partial charge on any atom is -0.468 e. The van der Waals surface area contributed by atoms with Gasteiger partial charge in [0.05, 0.1) is 7.11 Å². The fourth-order valence-electron chi connectivity index (χ4n) is 1.12. The second-order valence-corrected chi connectivity index (χ2v) is 3.39. The Morgan fingerprint density at radius 2 is 1.84 bits per heavy atom. The van der Waals surface area contributed by atoms with E-state index in [4.69, 9.17) is 20.5 Å². The molecule has 0 saturated carbocycles. The number of ether oxygens (including phenoxy) is 3. The first kappa shape index (κ1) is 20.9. The maximum Gasteiger partial charge on any atom is 0.322 e. The summed E-state index contributed by atoms with van der Waals surface area (Å²) in [4.78, 5) is 10.9. The standard InChI is InChI=1S/C9H19NO4.H3O4P/c1-12-8(13-2)6-4-5-7(10)9(11)14-3;1-2-3-4-5/h7-8H,4-6,10H2,1-3H3;1H,5H2. The van der Waals surface area contributed by atoms with Crippen LogP contribution in [0.1, 0.15) is 19.3 Å². The monoisotopic (exact) mass is 303 g/mol. The lowest BCUT2D eigenvalue weighted by Crippen LogP contribution is -2.31.